The smallest absolute Gasteiger partial charge is 0.294 e. The summed E-state index contributed by atoms with van der Waals surface area (Å²) in [7, 11) is 0. The zero-order valence-corrected chi connectivity index (χ0v) is 7.71. The van der Waals surface area contributed by atoms with Crippen molar-refractivity contribution in [3.63, 3.8) is 0 Å². The zero-order chi connectivity index (χ0) is 9.31. The fourth-order valence-electron chi connectivity index (χ4n) is 1.27. The molecule has 0 saturated heterocycles. The van der Waals surface area contributed by atoms with E-state index in [2.05, 4.69) is 10.3 Å². The van der Waals surface area contributed by atoms with Gasteiger partial charge in [0.25, 0.3) is 6.01 Å². The lowest BCUT2D eigenvalue weighted by molar-refractivity contribution is 0.219. The van der Waals surface area contributed by atoms with E-state index in [1.54, 1.807) is 6.26 Å². The molecule has 0 atom stereocenters. The van der Waals surface area contributed by atoms with Gasteiger partial charge >= 0.3 is 0 Å². The molecule has 0 radical (unpaired) electrons. The molecule has 0 bridgehead atoms. The molecule has 1 aliphatic rings. The van der Waals surface area contributed by atoms with Gasteiger partial charge in [-0.3, -0.25) is 0 Å². The third-order valence-corrected chi connectivity index (χ3v) is 2.53. The molecular weight excluding hydrogens is 168 g/mol. The van der Waals surface area contributed by atoms with Crippen LogP contribution in [0.15, 0.2) is 10.7 Å². The van der Waals surface area contributed by atoms with Crippen LogP contribution in [0.4, 0.5) is 6.01 Å². The second kappa shape index (κ2) is 3.03. The van der Waals surface area contributed by atoms with Crippen molar-refractivity contribution in [2.75, 3.05) is 18.5 Å². The third kappa shape index (κ3) is 1.83. The van der Waals surface area contributed by atoms with Gasteiger partial charge in [-0.05, 0) is 19.8 Å². The largest absolute Gasteiger partial charge is 0.432 e. The lowest BCUT2D eigenvalue weighted by atomic mass is 10.1. The van der Waals surface area contributed by atoms with Crippen LogP contribution in [0.5, 0.6) is 0 Å². The van der Waals surface area contributed by atoms with E-state index in [0.717, 1.165) is 25.1 Å². The number of aliphatic hydroxyl groups excluding tert-OH is 1. The summed E-state index contributed by atoms with van der Waals surface area (Å²) >= 11 is 0. The first-order chi connectivity index (χ1) is 6.24. The lowest BCUT2D eigenvalue weighted by Crippen LogP contribution is -2.19. The first-order valence-corrected chi connectivity index (χ1v) is 4.51. The summed E-state index contributed by atoms with van der Waals surface area (Å²) in [5.41, 5.74) is 0.971. The standard InChI is InChI=1S/C9H14N2O2/c1-7-4-13-8(11-7)10-5-9(6-12)2-3-9/h4,12H,2-3,5-6H2,1H3,(H,10,11). The van der Waals surface area contributed by atoms with Gasteiger partial charge < -0.3 is 14.8 Å². The van der Waals surface area contributed by atoms with Crippen LogP contribution in [0.3, 0.4) is 0 Å². The fraction of sp³-hybridized carbons (Fsp3) is 0.667. The van der Waals surface area contributed by atoms with Crippen LogP contribution >= 0.6 is 0 Å². The Kier molecular flexibility index (Phi) is 2.00. The molecule has 0 aliphatic heterocycles. The van der Waals surface area contributed by atoms with Crippen LogP contribution in [-0.2, 0) is 0 Å². The average molecular weight is 182 g/mol. The second-order valence-electron chi connectivity index (χ2n) is 3.81. The van der Waals surface area contributed by atoms with Crippen molar-refractivity contribution in [2.24, 2.45) is 5.41 Å². The Bertz CT molecular complexity index is 292. The molecule has 2 rings (SSSR count). The van der Waals surface area contributed by atoms with E-state index in [-0.39, 0.29) is 12.0 Å². The number of aryl methyl sites for hydroxylation is 1. The zero-order valence-electron chi connectivity index (χ0n) is 7.71. The Morgan fingerprint density at radius 2 is 2.46 bits per heavy atom. The quantitative estimate of drug-likeness (QED) is 0.733. The minimum Gasteiger partial charge on any atom is -0.432 e. The molecule has 1 heterocycles. The minimum absolute atomic E-state index is 0.0996. The Balaban J connectivity index is 1.86. The lowest BCUT2D eigenvalue weighted by Gasteiger charge is -2.10. The Morgan fingerprint density at radius 3 is 2.92 bits per heavy atom. The fourth-order valence-corrected chi connectivity index (χ4v) is 1.27. The molecule has 13 heavy (non-hydrogen) atoms. The molecule has 72 valence electrons. The number of aromatic nitrogens is 1. The van der Waals surface area contributed by atoms with Crippen molar-refractivity contribution < 1.29 is 9.52 Å². The number of nitrogens with one attached hydrogen (secondary N) is 1. The normalized spacial score (nSPS) is 18.6. The maximum absolute atomic E-state index is 9.05. The topological polar surface area (TPSA) is 58.3 Å². The van der Waals surface area contributed by atoms with E-state index >= 15 is 0 Å². The molecule has 1 aromatic heterocycles. The number of aliphatic hydroxyl groups is 1. The predicted molar refractivity (Wildman–Crippen MR) is 48.5 cm³/mol. The van der Waals surface area contributed by atoms with Gasteiger partial charge in [0, 0.05) is 12.0 Å². The van der Waals surface area contributed by atoms with Crippen molar-refractivity contribution in [3.8, 4) is 0 Å². The molecule has 0 amide bonds. The van der Waals surface area contributed by atoms with Gasteiger partial charge in [0.1, 0.15) is 6.26 Å². The van der Waals surface area contributed by atoms with Gasteiger partial charge in [-0.15, -0.1) is 0 Å². The maximum atomic E-state index is 9.05. The van der Waals surface area contributed by atoms with E-state index in [0.29, 0.717) is 6.01 Å². The first kappa shape index (κ1) is 8.56. The average Bonchev–Trinajstić information content (AvgIpc) is 2.81. The number of rotatable bonds is 4. The maximum Gasteiger partial charge on any atom is 0.294 e. The molecule has 2 N–H and O–H groups in total. The summed E-state index contributed by atoms with van der Waals surface area (Å²) in [6.45, 7) is 2.89. The summed E-state index contributed by atoms with van der Waals surface area (Å²) in [6, 6.07) is 0.553. The van der Waals surface area contributed by atoms with Crippen LogP contribution in [0.2, 0.25) is 0 Å². The summed E-state index contributed by atoms with van der Waals surface area (Å²) in [6.07, 6.45) is 3.80. The van der Waals surface area contributed by atoms with Crippen LogP contribution < -0.4 is 5.32 Å². The van der Waals surface area contributed by atoms with E-state index < -0.39 is 0 Å². The van der Waals surface area contributed by atoms with Crippen molar-refractivity contribution in [1.29, 1.82) is 0 Å². The van der Waals surface area contributed by atoms with E-state index in [4.69, 9.17) is 9.52 Å². The Morgan fingerprint density at radius 1 is 1.69 bits per heavy atom. The summed E-state index contributed by atoms with van der Waals surface area (Å²) in [5, 5.41) is 12.1. The molecule has 0 unspecified atom stereocenters. The molecule has 1 aromatic rings. The number of nitrogens with zero attached hydrogens (tertiary/aromatic N) is 1. The van der Waals surface area contributed by atoms with Crippen molar-refractivity contribution >= 4 is 6.01 Å². The van der Waals surface area contributed by atoms with Gasteiger partial charge in [-0.25, -0.2) is 0 Å². The first-order valence-electron chi connectivity index (χ1n) is 4.51. The SMILES string of the molecule is Cc1coc(NCC2(CO)CC2)n1. The highest BCUT2D eigenvalue weighted by atomic mass is 16.4. The molecule has 1 fully saturated rings. The minimum atomic E-state index is 0.0996. The molecule has 1 saturated carbocycles. The Hall–Kier alpha value is -1.03. The highest BCUT2D eigenvalue weighted by Gasteiger charge is 2.41. The number of anilines is 1. The van der Waals surface area contributed by atoms with E-state index in [1.807, 2.05) is 6.92 Å². The van der Waals surface area contributed by atoms with Crippen LogP contribution in [0.1, 0.15) is 18.5 Å². The van der Waals surface area contributed by atoms with Gasteiger partial charge in [0.2, 0.25) is 0 Å². The number of hydrogen-bond acceptors (Lipinski definition) is 4. The van der Waals surface area contributed by atoms with Crippen LogP contribution in [-0.4, -0.2) is 23.2 Å². The number of hydrogen-bond donors (Lipinski definition) is 2. The van der Waals surface area contributed by atoms with Gasteiger partial charge in [0.15, 0.2) is 0 Å². The second-order valence-corrected chi connectivity index (χ2v) is 3.81. The van der Waals surface area contributed by atoms with Crippen LogP contribution in [0.25, 0.3) is 0 Å². The van der Waals surface area contributed by atoms with Gasteiger partial charge in [-0.1, -0.05) is 0 Å². The molecule has 0 aromatic carbocycles. The Labute approximate surface area is 77.0 Å². The highest BCUT2D eigenvalue weighted by molar-refractivity contribution is 5.22. The summed E-state index contributed by atoms with van der Waals surface area (Å²) in [5.74, 6) is 0. The van der Waals surface area contributed by atoms with Crippen molar-refractivity contribution in [3.05, 3.63) is 12.0 Å². The van der Waals surface area contributed by atoms with Crippen molar-refractivity contribution in [1.82, 2.24) is 4.98 Å². The predicted octanol–water partition coefficient (Wildman–Crippen LogP) is 1.17. The molecule has 1 aliphatic carbocycles. The molecule has 4 nitrogen and oxygen atoms in total. The van der Waals surface area contributed by atoms with E-state index in [1.165, 1.54) is 0 Å². The summed E-state index contributed by atoms with van der Waals surface area (Å²) < 4.78 is 5.13. The number of oxazole rings is 1. The monoisotopic (exact) mass is 182 g/mol. The van der Waals surface area contributed by atoms with Gasteiger partial charge in [0.05, 0.1) is 12.3 Å². The van der Waals surface area contributed by atoms with Crippen LogP contribution in [0, 0.1) is 12.3 Å². The van der Waals surface area contributed by atoms with E-state index in [9.17, 15) is 0 Å². The molecule has 0 spiro atoms. The third-order valence-electron chi connectivity index (χ3n) is 2.53. The van der Waals surface area contributed by atoms with Crippen molar-refractivity contribution in [2.45, 2.75) is 19.8 Å². The highest BCUT2D eigenvalue weighted by Crippen LogP contribution is 2.44. The summed E-state index contributed by atoms with van der Waals surface area (Å²) in [4.78, 5) is 4.12. The van der Waals surface area contributed by atoms with Gasteiger partial charge in [-0.2, -0.15) is 4.98 Å². The molecular formula is C9H14N2O2. The molecule has 4 heteroatoms.